The first-order chi connectivity index (χ1) is 1.91. The maximum absolute atomic E-state index is 7.62. The molecule has 0 bridgehead atoms. The van der Waals surface area contributed by atoms with Crippen molar-refractivity contribution in [3.63, 3.8) is 0 Å². The topological polar surface area (TPSA) is 103 Å². The van der Waals surface area contributed by atoms with E-state index in [2.05, 4.69) is 0 Å². The molecule has 0 saturated carbocycles. The lowest BCUT2D eigenvalue weighted by Crippen LogP contribution is -1.85. The molecule has 0 aromatic rings. The van der Waals surface area contributed by atoms with Gasteiger partial charge in [0.2, 0.25) is 0 Å². The van der Waals surface area contributed by atoms with Gasteiger partial charge in [-0.3, -0.25) is 0 Å². The summed E-state index contributed by atoms with van der Waals surface area (Å²) in [4.78, 5) is 0. The quantitative estimate of drug-likeness (QED) is 0.409. The van der Waals surface area contributed by atoms with E-state index in [0.717, 1.165) is 0 Å². The van der Waals surface area contributed by atoms with Crippen LogP contribution in [0.3, 0.4) is 0 Å². The third-order valence-corrected chi connectivity index (χ3v) is 0.1000. The fourth-order valence-electron chi connectivity index (χ4n) is 0. The summed E-state index contributed by atoms with van der Waals surface area (Å²) in [5.41, 5.74) is 0. The molecule has 0 spiro atoms. The molecule has 0 fully saturated rings. The van der Waals surface area contributed by atoms with E-state index in [9.17, 15) is 0 Å². The van der Waals surface area contributed by atoms with Gasteiger partial charge in [0.1, 0.15) is 0 Å². The van der Waals surface area contributed by atoms with Crippen molar-refractivity contribution in [2.75, 3.05) is 13.2 Å². The Morgan fingerprint density at radius 2 is 1.00 bits per heavy atom. The van der Waals surface area contributed by atoms with Crippen LogP contribution in [-0.2, 0) is 0 Å². The number of hydrogen-bond acceptors (Lipinski definition) is 2. The van der Waals surface area contributed by atoms with Crippen molar-refractivity contribution in [1.82, 2.24) is 0 Å². The molecule has 0 aliphatic heterocycles. The molecular formula is C2H12O4S. The predicted molar refractivity (Wildman–Crippen MR) is 31.8 cm³/mol. The summed E-state index contributed by atoms with van der Waals surface area (Å²) >= 11 is 0. The second-order valence-corrected chi connectivity index (χ2v) is 0.447. The lowest BCUT2D eigenvalue weighted by molar-refractivity contribution is 0.186. The van der Waals surface area contributed by atoms with Crippen LogP contribution >= 0.6 is 13.5 Å². The second kappa shape index (κ2) is 34.8. The number of hydrogen-bond donors (Lipinski definition) is 2. The molecule has 0 radical (unpaired) electrons. The monoisotopic (exact) mass is 132 g/mol. The molecule has 0 aliphatic rings. The summed E-state index contributed by atoms with van der Waals surface area (Å²) in [6.07, 6.45) is 0. The Labute approximate surface area is 48.8 Å². The van der Waals surface area contributed by atoms with Crippen LogP contribution in [0, 0.1) is 0 Å². The maximum atomic E-state index is 7.62. The molecule has 50 valence electrons. The summed E-state index contributed by atoms with van der Waals surface area (Å²) in [6.45, 7) is -0.250. The van der Waals surface area contributed by atoms with Gasteiger partial charge in [0, 0.05) is 0 Å². The molecule has 0 aromatic carbocycles. The fraction of sp³-hybridized carbons (Fsp3) is 1.00. The Bertz CT molecular complexity index is 11.7. The van der Waals surface area contributed by atoms with E-state index < -0.39 is 0 Å². The van der Waals surface area contributed by atoms with Crippen molar-refractivity contribution < 1.29 is 21.2 Å². The van der Waals surface area contributed by atoms with Gasteiger partial charge in [0.15, 0.2) is 0 Å². The summed E-state index contributed by atoms with van der Waals surface area (Å²) in [6, 6.07) is 0. The van der Waals surface area contributed by atoms with Crippen LogP contribution in [0.25, 0.3) is 0 Å². The Hall–Kier alpha value is 0.190. The SMILES string of the molecule is O.O.OCCO.S. The highest BCUT2D eigenvalue weighted by molar-refractivity contribution is 7.59. The summed E-state index contributed by atoms with van der Waals surface area (Å²) in [5, 5.41) is 15.2. The smallest absolute Gasteiger partial charge is 0.0662 e. The van der Waals surface area contributed by atoms with Crippen LogP contribution in [0.4, 0.5) is 0 Å². The van der Waals surface area contributed by atoms with Gasteiger partial charge in [0.05, 0.1) is 13.2 Å². The van der Waals surface area contributed by atoms with Crippen LogP contribution in [-0.4, -0.2) is 34.4 Å². The van der Waals surface area contributed by atoms with E-state index in [1.807, 2.05) is 0 Å². The molecule has 0 aliphatic carbocycles. The first-order valence-electron chi connectivity index (χ1n) is 1.13. The molecule has 7 heavy (non-hydrogen) atoms. The predicted octanol–water partition coefficient (Wildman–Crippen LogP) is -2.57. The van der Waals surface area contributed by atoms with Gasteiger partial charge in [-0.2, -0.15) is 13.5 Å². The standard InChI is InChI=1S/C2H6O2.2H2O.H2S/c3-1-2-4;;;/h3-4H,1-2H2;3*1H2. The van der Waals surface area contributed by atoms with E-state index in [1.54, 1.807) is 0 Å². The Balaban J connectivity index is -0.0000000150. The highest BCUT2D eigenvalue weighted by Gasteiger charge is 1.58. The minimum Gasteiger partial charge on any atom is -0.412 e. The van der Waals surface area contributed by atoms with Crippen LogP contribution in [0.1, 0.15) is 0 Å². The van der Waals surface area contributed by atoms with E-state index in [-0.39, 0.29) is 37.7 Å². The van der Waals surface area contributed by atoms with Gasteiger partial charge in [0.25, 0.3) is 0 Å². The average molecular weight is 132 g/mol. The zero-order valence-corrected chi connectivity index (χ0v) is 4.81. The van der Waals surface area contributed by atoms with E-state index in [0.29, 0.717) is 0 Å². The largest absolute Gasteiger partial charge is 0.412 e. The molecule has 0 aromatic heterocycles. The van der Waals surface area contributed by atoms with Gasteiger partial charge >= 0.3 is 0 Å². The van der Waals surface area contributed by atoms with Crippen LogP contribution in [0.15, 0.2) is 0 Å². The van der Waals surface area contributed by atoms with Crippen LogP contribution < -0.4 is 0 Å². The number of rotatable bonds is 1. The molecule has 0 heterocycles. The Morgan fingerprint density at radius 3 is 1.00 bits per heavy atom. The van der Waals surface area contributed by atoms with Crippen molar-refractivity contribution in [2.24, 2.45) is 0 Å². The van der Waals surface area contributed by atoms with Crippen molar-refractivity contribution in [3.8, 4) is 0 Å². The first-order valence-corrected chi connectivity index (χ1v) is 1.13. The van der Waals surface area contributed by atoms with Crippen LogP contribution in [0.2, 0.25) is 0 Å². The highest BCUT2D eigenvalue weighted by atomic mass is 32.1. The third-order valence-electron chi connectivity index (χ3n) is 0.1000. The van der Waals surface area contributed by atoms with E-state index >= 15 is 0 Å². The van der Waals surface area contributed by atoms with E-state index in [4.69, 9.17) is 10.2 Å². The first kappa shape index (κ1) is 27.1. The molecule has 5 heteroatoms. The fourth-order valence-corrected chi connectivity index (χ4v) is 0. The third kappa shape index (κ3) is 76.7. The zero-order chi connectivity index (χ0) is 3.41. The Kier molecular flexibility index (Phi) is 134. The van der Waals surface area contributed by atoms with Crippen molar-refractivity contribution >= 4 is 13.5 Å². The van der Waals surface area contributed by atoms with Gasteiger partial charge in [-0.1, -0.05) is 0 Å². The molecule has 0 amide bonds. The summed E-state index contributed by atoms with van der Waals surface area (Å²) in [5.74, 6) is 0. The minimum atomic E-state index is -0.125. The van der Waals surface area contributed by atoms with Gasteiger partial charge in [-0.05, 0) is 0 Å². The average Bonchev–Trinajstić information content (AvgIpc) is 1.37. The zero-order valence-electron chi connectivity index (χ0n) is 3.81. The highest BCUT2D eigenvalue weighted by Crippen LogP contribution is 1.39. The number of aliphatic hydroxyl groups excluding tert-OH is 2. The number of aliphatic hydroxyl groups is 2. The molecule has 0 saturated heterocycles. The van der Waals surface area contributed by atoms with Gasteiger partial charge < -0.3 is 21.2 Å². The lowest BCUT2D eigenvalue weighted by atomic mass is 10.8. The van der Waals surface area contributed by atoms with Gasteiger partial charge in [-0.15, -0.1) is 0 Å². The molecule has 6 N–H and O–H groups in total. The summed E-state index contributed by atoms with van der Waals surface area (Å²) in [7, 11) is 0. The van der Waals surface area contributed by atoms with Crippen molar-refractivity contribution in [2.45, 2.75) is 0 Å². The maximum Gasteiger partial charge on any atom is 0.0662 e. The van der Waals surface area contributed by atoms with Crippen molar-refractivity contribution in [3.05, 3.63) is 0 Å². The molecule has 0 atom stereocenters. The lowest BCUT2D eigenvalue weighted by Gasteiger charge is -1.70. The van der Waals surface area contributed by atoms with E-state index in [1.165, 1.54) is 0 Å². The second-order valence-electron chi connectivity index (χ2n) is 0.447. The minimum absolute atomic E-state index is 0. The van der Waals surface area contributed by atoms with Crippen molar-refractivity contribution in [1.29, 1.82) is 0 Å². The summed E-state index contributed by atoms with van der Waals surface area (Å²) < 4.78 is 0. The molecular weight excluding hydrogens is 120 g/mol. The van der Waals surface area contributed by atoms with Gasteiger partial charge in [-0.25, -0.2) is 0 Å². The molecule has 0 unspecified atom stereocenters. The molecule has 0 rings (SSSR count). The Morgan fingerprint density at radius 1 is 0.857 bits per heavy atom. The van der Waals surface area contributed by atoms with Crippen LogP contribution in [0.5, 0.6) is 0 Å². The normalized spacial score (nSPS) is 4.29. The molecule has 4 nitrogen and oxygen atoms in total.